The minimum atomic E-state index is 0.627. The van der Waals surface area contributed by atoms with Crippen molar-refractivity contribution in [3.8, 4) is 0 Å². The molecule has 1 aliphatic carbocycles. The monoisotopic (exact) mass is 353 g/mol. The van der Waals surface area contributed by atoms with Gasteiger partial charge in [0.2, 0.25) is 5.95 Å². The first kappa shape index (κ1) is 14.1. The normalized spacial score (nSPS) is 16.5. The molecule has 0 unspecified atom stereocenters. The number of hydrogen-bond donors (Lipinski definition) is 1. The summed E-state index contributed by atoms with van der Waals surface area (Å²) in [6.45, 7) is 2.92. The van der Waals surface area contributed by atoms with E-state index in [0.717, 1.165) is 22.7 Å². The molecule has 3 nitrogen and oxygen atoms in total. The van der Waals surface area contributed by atoms with Gasteiger partial charge in [-0.3, -0.25) is 0 Å². The Morgan fingerprint density at radius 1 is 1.40 bits per heavy atom. The minimum absolute atomic E-state index is 0.627. The zero-order chi connectivity index (χ0) is 13.9. The third-order valence-corrected chi connectivity index (χ3v) is 5.56. The molecule has 0 amide bonds. The average Bonchev–Trinajstić information content (AvgIpc) is 3.03. The van der Waals surface area contributed by atoms with Crippen LogP contribution in [-0.2, 0) is 6.54 Å². The van der Waals surface area contributed by atoms with Crippen molar-refractivity contribution in [1.29, 1.82) is 0 Å². The third kappa shape index (κ3) is 3.26. The predicted molar refractivity (Wildman–Crippen MR) is 88.4 cm³/mol. The van der Waals surface area contributed by atoms with Crippen molar-refractivity contribution in [2.45, 2.75) is 51.6 Å². The van der Waals surface area contributed by atoms with Crippen molar-refractivity contribution < 1.29 is 0 Å². The fourth-order valence-electron chi connectivity index (χ4n) is 2.90. The molecule has 1 aliphatic rings. The Hall–Kier alpha value is -0.810. The molecule has 0 atom stereocenters. The lowest BCUT2D eigenvalue weighted by Crippen LogP contribution is -2.15. The van der Waals surface area contributed by atoms with Gasteiger partial charge in [-0.2, -0.15) is 0 Å². The fraction of sp³-hybridized carbons (Fsp3) is 0.533. The van der Waals surface area contributed by atoms with Gasteiger partial charge in [-0.05, 0) is 41.8 Å². The molecule has 1 saturated carbocycles. The van der Waals surface area contributed by atoms with Crippen LogP contribution in [0.3, 0.4) is 0 Å². The van der Waals surface area contributed by atoms with Gasteiger partial charge in [-0.15, -0.1) is 11.3 Å². The van der Waals surface area contributed by atoms with Gasteiger partial charge in [0.05, 0.1) is 12.2 Å². The van der Waals surface area contributed by atoms with E-state index in [1.807, 2.05) is 0 Å². The topological polar surface area (TPSA) is 29.9 Å². The van der Waals surface area contributed by atoms with Crippen LogP contribution < -0.4 is 5.32 Å². The summed E-state index contributed by atoms with van der Waals surface area (Å²) in [5, 5.41) is 5.62. The molecule has 1 fully saturated rings. The summed E-state index contributed by atoms with van der Waals surface area (Å²) in [6, 6.07) is 2.79. The molecule has 108 valence electrons. The Morgan fingerprint density at radius 2 is 2.20 bits per heavy atom. The van der Waals surface area contributed by atoms with Gasteiger partial charge in [-0.1, -0.05) is 19.3 Å². The highest BCUT2D eigenvalue weighted by molar-refractivity contribution is 9.10. The summed E-state index contributed by atoms with van der Waals surface area (Å²) < 4.78 is 3.52. The number of hydrogen-bond acceptors (Lipinski definition) is 3. The number of aromatic nitrogens is 2. The van der Waals surface area contributed by atoms with Crippen LogP contribution in [0, 0.1) is 6.92 Å². The number of imidazole rings is 1. The molecule has 5 heteroatoms. The summed E-state index contributed by atoms with van der Waals surface area (Å²) in [6.07, 6.45) is 8.85. The van der Waals surface area contributed by atoms with E-state index in [9.17, 15) is 0 Å². The van der Waals surface area contributed by atoms with E-state index in [1.54, 1.807) is 11.3 Å². The molecule has 2 aromatic heterocycles. The first-order chi connectivity index (χ1) is 9.72. The van der Waals surface area contributed by atoms with Crippen LogP contribution >= 0.6 is 27.3 Å². The zero-order valence-corrected chi connectivity index (χ0v) is 14.1. The van der Waals surface area contributed by atoms with Gasteiger partial charge in [0, 0.05) is 27.0 Å². The summed E-state index contributed by atoms with van der Waals surface area (Å²) in [4.78, 5) is 5.98. The number of nitrogens with zero attached hydrogens (tertiary/aromatic N) is 2. The molecule has 2 heterocycles. The molecule has 20 heavy (non-hydrogen) atoms. The maximum absolute atomic E-state index is 4.65. The summed E-state index contributed by atoms with van der Waals surface area (Å²) in [5.41, 5.74) is 1.10. The summed E-state index contributed by atoms with van der Waals surface area (Å²) in [5.74, 6) is 1.03. The van der Waals surface area contributed by atoms with Crippen molar-refractivity contribution in [2.75, 3.05) is 5.32 Å². The smallest absolute Gasteiger partial charge is 0.203 e. The highest BCUT2D eigenvalue weighted by Gasteiger charge is 2.18. The highest BCUT2D eigenvalue weighted by Crippen LogP contribution is 2.31. The average molecular weight is 354 g/mol. The van der Waals surface area contributed by atoms with Crippen molar-refractivity contribution in [1.82, 2.24) is 9.55 Å². The number of aryl methyl sites for hydroxylation is 1. The summed E-state index contributed by atoms with van der Waals surface area (Å²) in [7, 11) is 0. The number of nitrogens with one attached hydrogen (secondary N) is 1. The third-order valence-electron chi connectivity index (χ3n) is 3.86. The lowest BCUT2D eigenvalue weighted by Gasteiger charge is -2.24. The molecule has 0 radical (unpaired) electrons. The lowest BCUT2D eigenvalue weighted by molar-refractivity contribution is 0.355. The number of thiophene rings is 1. The van der Waals surface area contributed by atoms with E-state index in [1.165, 1.54) is 37.0 Å². The molecule has 0 aromatic carbocycles. The molecule has 3 rings (SSSR count). The predicted octanol–water partition coefficient (Wildman–Crippen LogP) is 5.13. The van der Waals surface area contributed by atoms with Crippen LogP contribution in [0.1, 0.15) is 48.7 Å². The van der Waals surface area contributed by atoms with Crippen LogP contribution in [0.5, 0.6) is 0 Å². The van der Waals surface area contributed by atoms with E-state index in [-0.39, 0.29) is 0 Å². The molecule has 0 bridgehead atoms. The number of rotatable bonds is 4. The zero-order valence-electron chi connectivity index (χ0n) is 11.7. The maximum atomic E-state index is 4.65. The van der Waals surface area contributed by atoms with Crippen LogP contribution in [0.15, 0.2) is 22.1 Å². The summed E-state index contributed by atoms with van der Waals surface area (Å²) >= 11 is 5.27. The molecule has 0 saturated heterocycles. The van der Waals surface area contributed by atoms with Crippen molar-refractivity contribution in [3.05, 3.63) is 32.7 Å². The SMILES string of the molecule is Cc1cn(C2CCCCC2)c(NCc2cc(Br)cs2)n1. The second kappa shape index (κ2) is 6.31. The van der Waals surface area contributed by atoms with E-state index in [4.69, 9.17) is 0 Å². The minimum Gasteiger partial charge on any atom is -0.351 e. The van der Waals surface area contributed by atoms with E-state index < -0.39 is 0 Å². The Balaban J connectivity index is 1.71. The van der Waals surface area contributed by atoms with Crippen LogP contribution in [0.2, 0.25) is 0 Å². The second-order valence-corrected chi connectivity index (χ2v) is 7.40. The van der Waals surface area contributed by atoms with Gasteiger partial charge in [0.25, 0.3) is 0 Å². The molecule has 1 N–H and O–H groups in total. The van der Waals surface area contributed by atoms with Crippen LogP contribution in [-0.4, -0.2) is 9.55 Å². The quantitative estimate of drug-likeness (QED) is 0.825. The maximum Gasteiger partial charge on any atom is 0.203 e. The number of halogens is 1. The van der Waals surface area contributed by atoms with Gasteiger partial charge >= 0.3 is 0 Å². The fourth-order valence-corrected chi connectivity index (χ4v) is 4.29. The standard InChI is InChI=1S/C15H20BrN3S/c1-11-9-19(13-5-3-2-4-6-13)15(18-11)17-8-14-7-12(16)10-20-14/h7,9-10,13H,2-6,8H2,1H3,(H,17,18). The van der Waals surface area contributed by atoms with Crippen molar-refractivity contribution in [2.24, 2.45) is 0 Å². The van der Waals surface area contributed by atoms with Crippen LogP contribution in [0.4, 0.5) is 5.95 Å². The van der Waals surface area contributed by atoms with Crippen molar-refractivity contribution >= 4 is 33.2 Å². The molecular weight excluding hydrogens is 334 g/mol. The van der Waals surface area contributed by atoms with E-state index in [2.05, 4.69) is 55.4 Å². The Kier molecular flexibility index (Phi) is 4.46. The molecule has 0 spiro atoms. The van der Waals surface area contributed by atoms with Gasteiger partial charge in [0.1, 0.15) is 0 Å². The Bertz CT molecular complexity index is 569. The highest BCUT2D eigenvalue weighted by atomic mass is 79.9. The Labute approximate surface area is 132 Å². The molecule has 0 aliphatic heterocycles. The largest absolute Gasteiger partial charge is 0.351 e. The first-order valence-corrected chi connectivity index (χ1v) is 8.92. The van der Waals surface area contributed by atoms with Gasteiger partial charge in [0.15, 0.2) is 0 Å². The van der Waals surface area contributed by atoms with Crippen LogP contribution in [0.25, 0.3) is 0 Å². The first-order valence-electron chi connectivity index (χ1n) is 7.24. The Morgan fingerprint density at radius 3 is 2.90 bits per heavy atom. The van der Waals surface area contributed by atoms with E-state index in [0.29, 0.717) is 6.04 Å². The number of anilines is 1. The molecular formula is C15H20BrN3S. The van der Waals surface area contributed by atoms with Gasteiger partial charge in [-0.25, -0.2) is 4.98 Å². The van der Waals surface area contributed by atoms with E-state index >= 15 is 0 Å². The second-order valence-electron chi connectivity index (χ2n) is 5.49. The van der Waals surface area contributed by atoms with Gasteiger partial charge < -0.3 is 9.88 Å². The lowest BCUT2D eigenvalue weighted by atomic mass is 9.95. The van der Waals surface area contributed by atoms with Crippen molar-refractivity contribution in [3.63, 3.8) is 0 Å². The molecule has 2 aromatic rings.